The van der Waals surface area contributed by atoms with Crippen LogP contribution < -0.4 is 0 Å². The van der Waals surface area contributed by atoms with Gasteiger partial charge in [0.2, 0.25) is 0 Å². The van der Waals surface area contributed by atoms with E-state index in [0.29, 0.717) is 31.5 Å². The maximum Gasteiger partial charge on any atom is 0.254 e. The first kappa shape index (κ1) is 18.3. The number of thioether (sulfide) groups is 1. The molecular weight excluding hydrogens is 330 g/mol. The summed E-state index contributed by atoms with van der Waals surface area (Å²) < 4.78 is 24.7. The van der Waals surface area contributed by atoms with E-state index in [-0.39, 0.29) is 22.8 Å². The zero-order valence-electron chi connectivity index (χ0n) is 14.0. The standard InChI is InChI=1S/C17H25NO3S2/c1-13(2)12-23(20,21)14-8-10-18(11-9-14)17(19)15-6-4-5-7-16(15)22-3/h4-7,13-14H,8-12H2,1-3H3. The van der Waals surface area contributed by atoms with Crippen molar-refractivity contribution in [1.82, 2.24) is 4.90 Å². The predicted molar refractivity (Wildman–Crippen MR) is 95.8 cm³/mol. The highest BCUT2D eigenvalue weighted by molar-refractivity contribution is 7.98. The summed E-state index contributed by atoms with van der Waals surface area (Å²) in [6.45, 7) is 4.89. The Morgan fingerprint density at radius 2 is 1.87 bits per heavy atom. The number of rotatable bonds is 5. The molecule has 1 amide bonds. The van der Waals surface area contributed by atoms with Crippen molar-refractivity contribution in [3.63, 3.8) is 0 Å². The number of piperidine rings is 1. The highest BCUT2D eigenvalue weighted by Gasteiger charge is 2.32. The molecule has 1 heterocycles. The van der Waals surface area contributed by atoms with Gasteiger partial charge in [0.05, 0.1) is 16.6 Å². The van der Waals surface area contributed by atoms with Crippen LogP contribution in [-0.4, -0.2) is 49.6 Å². The molecule has 6 heteroatoms. The summed E-state index contributed by atoms with van der Waals surface area (Å²) in [4.78, 5) is 15.4. The van der Waals surface area contributed by atoms with Crippen LogP contribution in [0.5, 0.6) is 0 Å². The highest BCUT2D eigenvalue weighted by atomic mass is 32.2. The lowest BCUT2D eigenvalue weighted by molar-refractivity contribution is 0.0722. The molecule has 23 heavy (non-hydrogen) atoms. The Kier molecular flexibility index (Phi) is 6.14. The van der Waals surface area contributed by atoms with Crippen molar-refractivity contribution in [2.75, 3.05) is 25.1 Å². The number of likely N-dealkylation sites (tertiary alicyclic amines) is 1. The number of hydrogen-bond donors (Lipinski definition) is 0. The van der Waals surface area contributed by atoms with E-state index < -0.39 is 9.84 Å². The van der Waals surface area contributed by atoms with Gasteiger partial charge >= 0.3 is 0 Å². The second-order valence-corrected chi connectivity index (χ2v) is 9.59. The number of amides is 1. The molecule has 4 nitrogen and oxygen atoms in total. The van der Waals surface area contributed by atoms with Crippen molar-refractivity contribution >= 4 is 27.5 Å². The minimum atomic E-state index is -3.05. The maximum absolute atomic E-state index is 12.7. The van der Waals surface area contributed by atoms with Crippen LogP contribution in [0.1, 0.15) is 37.0 Å². The number of sulfone groups is 1. The summed E-state index contributed by atoms with van der Waals surface area (Å²) in [6.07, 6.45) is 3.04. The van der Waals surface area contributed by atoms with Crippen LogP contribution in [0, 0.1) is 5.92 Å². The Labute approximate surface area is 143 Å². The molecule has 0 N–H and O–H groups in total. The average molecular weight is 356 g/mol. The Hall–Kier alpha value is -1.01. The Balaban J connectivity index is 2.03. The summed E-state index contributed by atoms with van der Waals surface area (Å²) >= 11 is 1.56. The monoisotopic (exact) mass is 355 g/mol. The molecule has 0 saturated carbocycles. The number of nitrogens with zero attached hydrogens (tertiary/aromatic N) is 1. The van der Waals surface area contributed by atoms with Crippen molar-refractivity contribution in [1.29, 1.82) is 0 Å². The molecule has 1 saturated heterocycles. The summed E-state index contributed by atoms with van der Waals surface area (Å²) in [5.41, 5.74) is 0.712. The minimum Gasteiger partial charge on any atom is -0.339 e. The van der Waals surface area contributed by atoms with E-state index in [1.165, 1.54) is 0 Å². The lowest BCUT2D eigenvalue weighted by atomic mass is 10.1. The fourth-order valence-electron chi connectivity index (χ4n) is 3.01. The quantitative estimate of drug-likeness (QED) is 0.762. The minimum absolute atomic E-state index is 0.00894. The first-order valence-electron chi connectivity index (χ1n) is 7.99. The Bertz CT molecular complexity index is 648. The molecular formula is C17H25NO3S2. The van der Waals surface area contributed by atoms with Gasteiger partial charge in [-0.3, -0.25) is 4.79 Å². The van der Waals surface area contributed by atoms with Gasteiger partial charge in [-0.25, -0.2) is 8.42 Å². The van der Waals surface area contributed by atoms with E-state index in [2.05, 4.69) is 0 Å². The molecule has 0 unspecified atom stereocenters. The van der Waals surface area contributed by atoms with E-state index in [1.54, 1.807) is 16.7 Å². The zero-order valence-corrected chi connectivity index (χ0v) is 15.6. The van der Waals surface area contributed by atoms with E-state index in [1.807, 2.05) is 44.4 Å². The molecule has 1 fully saturated rings. The van der Waals surface area contributed by atoms with E-state index >= 15 is 0 Å². The Morgan fingerprint density at radius 1 is 1.26 bits per heavy atom. The maximum atomic E-state index is 12.7. The first-order valence-corrected chi connectivity index (χ1v) is 10.9. The van der Waals surface area contributed by atoms with Crippen LogP contribution in [0.4, 0.5) is 0 Å². The van der Waals surface area contributed by atoms with Gasteiger partial charge in [0.15, 0.2) is 9.84 Å². The highest BCUT2D eigenvalue weighted by Crippen LogP contribution is 2.25. The molecule has 1 aromatic rings. The topological polar surface area (TPSA) is 54.5 Å². The van der Waals surface area contributed by atoms with Crippen LogP contribution in [0.15, 0.2) is 29.2 Å². The molecule has 1 aliphatic rings. The summed E-state index contributed by atoms with van der Waals surface area (Å²) in [6, 6.07) is 7.58. The van der Waals surface area contributed by atoms with Gasteiger partial charge in [-0.05, 0) is 37.1 Å². The average Bonchev–Trinajstić information content (AvgIpc) is 2.53. The van der Waals surface area contributed by atoms with Gasteiger partial charge in [-0.15, -0.1) is 11.8 Å². The van der Waals surface area contributed by atoms with Crippen molar-refractivity contribution < 1.29 is 13.2 Å². The van der Waals surface area contributed by atoms with Crippen LogP contribution >= 0.6 is 11.8 Å². The second-order valence-electron chi connectivity index (χ2n) is 6.42. The zero-order chi connectivity index (χ0) is 17.0. The normalized spacial score (nSPS) is 16.8. The molecule has 0 radical (unpaired) electrons. The van der Waals surface area contributed by atoms with Crippen LogP contribution in [0.2, 0.25) is 0 Å². The predicted octanol–water partition coefficient (Wildman–Crippen LogP) is 3.08. The molecule has 1 aromatic carbocycles. The van der Waals surface area contributed by atoms with Crippen molar-refractivity contribution in [3.8, 4) is 0 Å². The summed E-state index contributed by atoms with van der Waals surface area (Å²) in [5.74, 6) is 0.392. The smallest absolute Gasteiger partial charge is 0.254 e. The van der Waals surface area contributed by atoms with Gasteiger partial charge in [0.1, 0.15) is 0 Å². The number of benzene rings is 1. The van der Waals surface area contributed by atoms with E-state index in [4.69, 9.17) is 0 Å². The number of carbonyl (C=O) groups is 1. The molecule has 0 spiro atoms. The van der Waals surface area contributed by atoms with E-state index in [0.717, 1.165) is 4.90 Å². The van der Waals surface area contributed by atoms with Crippen molar-refractivity contribution in [2.24, 2.45) is 5.92 Å². The number of hydrogen-bond acceptors (Lipinski definition) is 4. The first-order chi connectivity index (χ1) is 10.8. The third-order valence-electron chi connectivity index (χ3n) is 4.14. The van der Waals surface area contributed by atoms with Crippen LogP contribution in [-0.2, 0) is 9.84 Å². The molecule has 2 rings (SSSR count). The molecule has 0 aliphatic carbocycles. The lowest BCUT2D eigenvalue weighted by Crippen LogP contribution is -2.43. The van der Waals surface area contributed by atoms with Gasteiger partial charge in [-0.2, -0.15) is 0 Å². The summed E-state index contributed by atoms with van der Waals surface area (Å²) in [5, 5.41) is -0.301. The van der Waals surface area contributed by atoms with E-state index in [9.17, 15) is 13.2 Å². The van der Waals surface area contributed by atoms with Crippen molar-refractivity contribution in [2.45, 2.75) is 36.8 Å². The second kappa shape index (κ2) is 7.71. The fraction of sp³-hybridized carbons (Fsp3) is 0.588. The summed E-state index contributed by atoms with van der Waals surface area (Å²) in [7, 11) is -3.05. The molecule has 1 aliphatic heterocycles. The molecule has 0 bridgehead atoms. The molecule has 0 atom stereocenters. The third-order valence-corrected chi connectivity index (χ3v) is 7.55. The third kappa shape index (κ3) is 4.51. The Morgan fingerprint density at radius 3 is 2.43 bits per heavy atom. The number of carbonyl (C=O) groups excluding carboxylic acids is 1. The van der Waals surface area contributed by atoms with Crippen LogP contribution in [0.25, 0.3) is 0 Å². The van der Waals surface area contributed by atoms with Gasteiger partial charge < -0.3 is 4.90 Å². The van der Waals surface area contributed by atoms with Gasteiger partial charge in [-0.1, -0.05) is 26.0 Å². The van der Waals surface area contributed by atoms with Crippen LogP contribution in [0.3, 0.4) is 0 Å². The SMILES string of the molecule is CSc1ccccc1C(=O)N1CCC(S(=O)(=O)CC(C)C)CC1. The van der Waals surface area contributed by atoms with Gasteiger partial charge in [0, 0.05) is 18.0 Å². The van der Waals surface area contributed by atoms with Gasteiger partial charge in [0.25, 0.3) is 5.91 Å². The molecule has 0 aromatic heterocycles. The lowest BCUT2D eigenvalue weighted by Gasteiger charge is -2.32. The molecule has 128 valence electrons. The van der Waals surface area contributed by atoms with Crippen molar-refractivity contribution in [3.05, 3.63) is 29.8 Å². The fourth-order valence-corrected chi connectivity index (χ4v) is 5.73. The largest absolute Gasteiger partial charge is 0.339 e.